The van der Waals surface area contributed by atoms with E-state index in [-0.39, 0.29) is 136 Å². The number of hydrogen-bond acceptors (Lipinski definition) is 35. The third-order valence-electron chi connectivity index (χ3n) is 27.3. The minimum absolute atomic E-state index is 0.0252. The highest BCUT2D eigenvalue weighted by atomic mass is 16.7. The number of piperidine rings is 3. The summed E-state index contributed by atoms with van der Waals surface area (Å²) < 4.78 is 85.0. The van der Waals surface area contributed by atoms with Crippen LogP contribution in [0, 0.1) is 29.1 Å². The zero-order chi connectivity index (χ0) is 109. The van der Waals surface area contributed by atoms with E-state index < -0.39 is 169 Å². The summed E-state index contributed by atoms with van der Waals surface area (Å²) in [5, 5.41) is 20.1. The largest absolute Gasteiger partial charge is 0.463 e. The first-order valence-corrected chi connectivity index (χ1v) is 53.0. The van der Waals surface area contributed by atoms with Gasteiger partial charge in [-0.1, -0.05) is 39.5 Å². The molecule has 10 amide bonds. The summed E-state index contributed by atoms with van der Waals surface area (Å²) in [6.45, 7) is 21.4. The van der Waals surface area contributed by atoms with E-state index in [1.165, 1.54) is 41.5 Å². The number of esters is 9. The molecular weight excluding hydrogens is 1940 g/mol. The molecule has 6 aliphatic heterocycles. The number of amides is 10. The van der Waals surface area contributed by atoms with Crippen LogP contribution in [0.3, 0.4) is 0 Å². The molecule has 15 atom stereocenters. The van der Waals surface area contributed by atoms with Gasteiger partial charge >= 0.3 is 53.7 Å². The number of nitrogens with zero attached hydrogens (tertiary/aromatic N) is 3. The Kier molecular flexibility index (Phi) is 57.5. The van der Waals surface area contributed by atoms with Crippen LogP contribution in [0.1, 0.15) is 309 Å². The molecule has 45 heteroatoms. The zero-order valence-corrected chi connectivity index (χ0v) is 89.2. The second-order valence-electron chi connectivity index (χ2n) is 39.5. The Labute approximate surface area is 868 Å². The van der Waals surface area contributed by atoms with Gasteiger partial charge in [0.15, 0.2) is 55.5 Å². The van der Waals surface area contributed by atoms with Crippen LogP contribution in [0.5, 0.6) is 0 Å². The number of carbonyl (C=O) groups is 20. The lowest BCUT2D eigenvalue weighted by Crippen LogP contribution is -2.66. The maximum atomic E-state index is 14.4. The third-order valence-corrected chi connectivity index (χ3v) is 27.3. The number of ether oxygens (including phenoxy) is 15. The molecule has 0 radical (unpaired) electrons. The van der Waals surface area contributed by atoms with Crippen molar-refractivity contribution in [2.24, 2.45) is 29.1 Å². The molecule has 0 aliphatic carbocycles. The van der Waals surface area contributed by atoms with E-state index in [4.69, 9.17) is 71.1 Å². The summed E-state index contributed by atoms with van der Waals surface area (Å²) in [6.07, 6.45) is 2.02. The number of carbonyl (C=O) groups excluding carboxylic acids is 20. The van der Waals surface area contributed by atoms with Crippen molar-refractivity contribution in [1.29, 1.82) is 0 Å². The smallest absolute Gasteiger partial charge is 0.303 e. The van der Waals surface area contributed by atoms with Gasteiger partial charge < -0.3 is 123 Å². The summed E-state index contributed by atoms with van der Waals surface area (Å²) in [4.78, 5) is 261. The predicted octanol–water partition coefficient (Wildman–Crippen LogP) is 5.93. The molecule has 6 fully saturated rings. The summed E-state index contributed by atoms with van der Waals surface area (Å²) in [6, 6.07) is -3.42. The Morgan fingerprint density at radius 1 is 0.284 bits per heavy atom. The molecule has 0 aromatic carbocycles. The van der Waals surface area contributed by atoms with E-state index in [1.54, 1.807) is 0 Å². The Morgan fingerprint density at radius 2 is 0.520 bits per heavy atom. The molecule has 6 aliphatic rings. The van der Waals surface area contributed by atoms with Gasteiger partial charge in [-0.15, -0.1) is 0 Å². The third kappa shape index (κ3) is 46.0. The number of Topliss-reactive ketones (excluding diaryl/α,β-unsaturated/α-hetero) is 1. The molecule has 6 heterocycles. The average molecular weight is 2100 g/mol. The molecule has 148 heavy (non-hydrogen) atoms. The summed E-state index contributed by atoms with van der Waals surface area (Å²) in [5.41, 5.74) is -0.437. The first-order valence-electron chi connectivity index (χ1n) is 53.0. The maximum absolute atomic E-state index is 14.4. The second-order valence-corrected chi connectivity index (χ2v) is 39.5. The molecule has 6 rings (SSSR count). The lowest BCUT2D eigenvalue weighted by molar-refractivity contribution is -0.277. The first-order chi connectivity index (χ1) is 70.5. The van der Waals surface area contributed by atoms with Gasteiger partial charge in [-0.3, -0.25) is 95.9 Å². The van der Waals surface area contributed by atoms with Crippen molar-refractivity contribution in [3.8, 4) is 0 Å². The van der Waals surface area contributed by atoms with Crippen LogP contribution in [0.15, 0.2) is 0 Å². The molecule has 7 N–H and O–H groups in total. The average Bonchev–Trinajstić information content (AvgIpc) is 0.745. The van der Waals surface area contributed by atoms with Crippen LogP contribution in [-0.2, 0) is 167 Å². The molecule has 0 aromatic rings. The van der Waals surface area contributed by atoms with Crippen LogP contribution >= 0.6 is 0 Å². The number of rotatable bonds is 64. The summed E-state index contributed by atoms with van der Waals surface area (Å²) in [7, 11) is 0. The van der Waals surface area contributed by atoms with E-state index in [0.717, 1.165) is 54.4 Å². The van der Waals surface area contributed by atoms with Crippen LogP contribution in [-0.4, -0.2) is 330 Å². The second kappa shape index (κ2) is 67.5. The minimum atomic E-state index is -1.29. The monoisotopic (exact) mass is 2100 g/mol. The maximum Gasteiger partial charge on any atom is 0.303 e. The van der Waals surface area contributed by atoms with Gasteiger partial charge in [-0.05, 0) is 158 Å². The number of ketones is 1. The van der Waals surface area contributed by atoms with Gasteiger partial charge in [-0.25, -0.2) is 0 Å². The van der Waals surface area contributed by atoms with E-state index in [0.29, 0.717) is 239 Å². The van der Waals surface area contributed by atoms with Crippen molar-refractivity contribution in [2.45, 2.75) is 401 Å². The van der Waals surface area contributed by atoms with Gasteiger partial charge in [0.1, 0.15) is 62.0 Å². The Balaban J connectivity index is 1.06. The molecule has 0 bridgehead atoms. The lowest BCUT2D eigenvalue weighted by Gasteiger charge is -2.57. The molecule has 0 spiro atoms. The quantitative estimate of drug-likeness (QED) is 0.0211. The molecule has 6 saturated heterocycles. The molecule has 45 nitrogen and oxygen atoms in total. The minimum Gasteiger partial charge on any atom is -0.463 e. The molecule has 0 aromatic heterocycles. The Morgan fingerprint density at radius 3 is 0.757 bits per heavy atom. The Bertz CT molecular complexity index is 3910. The molecule has 838 valence electrons. The van der Waals surface area contributed by atoms with E-state index >= 15 is 0 Å². The highest BCUT2D eigenvalue weighted by molar-refractivity contribution is 5.82. The van der Waals surface area contributed by atoms with Crippen molar-refractivity contribution in [2.75, 3.05) is 105 Å². The van der Waals surface area contributed by atoms with Crippen molar-refractivity contribution in [3.05, 3.63) is 0 Å². The molecule has 15 unspecified atom stereocenters. The van der Waals surface area contributed by atoms with Crippen molar-refractivity contribution in [3.63, 3.8) is 0 Å². The van der Waals surface area contributed by atoms with Crippen molar-refractivity contribution < 1.29 is 167 Å². The van der Waals surface area contributed by atoms with Gasteiger partial charge in [0.25, 0.3) is 0 Å². The first kappa shape index (κ1) is 126. The van der Waals surface area contributed by atoms with Crippen LogP contribution in [0.4, 0.5) is 0 Å². The molecular formula is C103H166N10O35. The van der Waals surface area contributed by atoms with Crippen LogP contribution < -0.4 is 37.2 Å². The van der Waals surface area contributed by atoms with E-state index in [1.807, 2.05) is 28.5 Å². The highest BCUT2D eigenvalue weighted by Gasteiger charge is 2.57. The molecule has 0 saturated carbocycles. The number of hydrogen-bond donors (Lipinski definition) is 7. The number of likely N-dealkylation sites (tertiary alicyclic amines) is 3. The summed E-state index contributed by atoms with van der Waals surface area (Å²) in [5.74, 6) is -8.22. The van der Waals surface area contributed by atoms with Gasteiger partial charge in [0.2, 0.25) is 59.1 Å². The topological polar surface area (TPSA) is 574 Å². The van der Waals surface area contributed by atoms with Crippen molar-refractivity contribution in [1.82, 2.24) is 51.9 Å². The zero-order valence-electron chi connectivity index (χ0n) is 89.2. The standard InChI is InChI=1S/C103H166N10O35/c1-64(2)80(126)33-19-15-26-51-107-87(130)40-47-103(77-41-52-111(53-42-77)88(131)37-20-16-27-48-104-84(127)34-23-30-58-134-100-91(108-65(3)114)97(143-74(12)123)94(140-71(9)120)81(146-100)61-137-68(6)117,78-43-54-112(55-44-78)89(132)38-21-17-28-49-105-85(128)35-24-31-59-135-101-92(109-66(4)115)98(144-75(13)124)95(141-72(10)121)82(147-101)62-138-69(7)118)79-45-56-113(57-46-79)90(133)39-22-18-29-50-106-86(129)36-25-32-60-136-102-93(110-67(5)116)99(145-76(14)125)96(142-73(11)122)83(148-102)63-139-70(8)119/h64,77-79,81-83,91-102H,15-63H2,1-14H3,(H,104,127)(H,105,128)(H,106,129)(H,107,130)(H,108,114)(H,109,115)(H,110,116). The van der Waals surface area contributed by atoms with Crippen molar-refractivity contribution >= 4 is 119 Å². The fourth-order valence-corrected chi connectivity index (χ4v) is 20.4. The van der Waals surface area contributed by atoms with Gasteiger partial charge in [-0.2, -0.15) is 0 Å². The lowest BCUT2D eigenvalue weighted by atomic mass is 9.51. The SMILES string of the molecule is CC(=O)NC1C(OCCCCC(=O)NCCCCCC(=O)N2CCC(C(CCC(=O)NCCCCCC(=O)C(C)C)(C3CCN(C(=O)CCCCCNC(=O)CCCCOC4OC(COC(C)=O)C(OC(C)=O)C(OC(C)=O)C4NC(C)=O)CC3)C3CCN(C(=O)CCCCCNC(=O)CCCCOC4OC(COC(C)=O)C(OC(C)=O)C(OC(C)=O)C4NC(C)=O)CC3)CC2)OC(COC(C)=O)C(OC(C)=O)C1OC(C)=O. The van der Waals surface area contributed by atoms with Crippen LogP contribution in [0.2, 0.25) is 0 Å². The number of nitrogens with one attached hydrogen (secondary N) is 7. The normalized spacial score (nSPS) is 23.1. The van der Waals surface area contributed by atoms with Crippen LogP contribution in [0.25, 0.3) is 0 Å². The van der Waals surface area contributed by atoms with Gasteiger partial charge in [0, 0.05) is 226 Å². The Hall–Kier alpha value is -10.6. The number of unbranched alkanes of at least 4 members (excludes halogenated alkanes) is 11. The predicted molar refractivity (Wildman–Crippen MR) is 527 cm³/mol. The fourth-order valence-electron chi connectivity index (χ4n) is 20.4. The fraction of sp³-hybridized carbons (Fsp3) is 0.806. The van der Waals surface area contributed by atoms with E-state index in [9.17, 15) is 95.9 Å². The summed E-state index contributed by atoms with van der Waals surface area (Å²) >= 11 is 0. The highest BCUT2D eigenvalue weighted by Crippen LogP contribution is 2.57. The van der Waals surface area contributed by atoms with Gasteiger partial charge in [0.05, 0.1) is 0 Å². The van der Waals surface area contributed by atoms with E-state index in [2.05, 4.69) is 37.2 Å².